The summed E-state index contributed by atoms with van der Waals surface area (Å²) < 4.78 is 5.72. The van der Waals surface area contributed by atoms with Crippen molar-refractivity contribution in [3.63, 3.8) is 0 Å². The van der Waals surface area contributed by atoms with E-state index >= 15 is 0 Å². The molecule has 1 aliphatic rings. The van der Waals surface area contributed by atoms with Crippen molar-refractivity contribution in [1.82, 2.24) is 15.3 Å². The number of fused-ring (bicyclic) bond motifs is 1. The fourth-order valence-electron chi connectivity index (χ4n) is 2.56. The van der Waals surface area contributed by atoms with Gasteiger partial charge in [-0.2, -0.15) is 4.98 Å². The highest BCUT2D eigenvalue weighted by Crippen LogP contribution is 2.19. The molecule has 1 N–H and O–H groups in total. The van der Waals surface area contributed by atoms with E-state index in [0.29, 0.717) is 0 Å². The van der Waals surface area contributed by atoms with E-state index in [1.807, 2.05) is 19.1 Å². The predicted octanol–water partition coefficient (Wildman–Crippen LogP) is 2.46. The van der Waals surface area contributed by atoms with E-state index in [-0.39, 0.29) is 0 Å². The normalized spacial score (nSPS) is 20.4. The van der Waals surface area contributed by atoms with Crippen LogP contribution in [0.4, 0.5) is 0 Å². The standard InChI is InChI=1S/C14H19N3O/c1-10-4-6-12-14(16-10)17-13(18-12)7-5-11-3-2-8-15-9-11/h4,6,11,15H,2-3,5,7-9H2,1H3. The average Bonchev–Trinajstić information content (AvgIpc) is 2.79. The molecule has 3 rings (SSSR count). The molecule has 18 heavy (non-hydrogen) atoms. The Morgan fingerprint density at radius 2 is 2.33 bits per heavy atom. The number of aryl methyl sites for hydroxylation is 2. The fraction of sp³-hybridized carbons (Fsp3) is 0.571. The molecule has 0 radical (unpaired) electrons. The monoisotopic (exact) mass is 245 g/mol. The Balaban J connectivity index is 1.67. The van der Waals surface area contributed by atoms with Crippen molar-refractivity contribution < 1.29 is 4.42 Å². The molecule has 0 bridgehead atoms. The van der Waals surface area contributed by atoms with Crippen LogP contribution in [0.15, 0.2) is 16.5 Å². The molecule has 1 aliphatic heterocycles. The first-order valence-electron chi connectivity index (χ1n) is 6.75. The Bertz CT molecular complexity index is 529. The average molecular weight is 245 g/mol. The summed E-state index contributed by atoms with van der Waals surface area (Å²) in [4.78, 5) is 8.83. The van der Waals surface area contributed by atoms with Crippen LogP contribution >= 0.6 is 0 Å². The van der Waals surface area contributed by atoms with Crippen LogP contribution in [0.25, 0.3) is 11.2 Å². The van der Waals surface area contributed by atoms with E-state index in [9.17, 15) is 0 Å². The Hall–Kier alpha value is -1.42. The number of aromatic nitrogens is 2. The molecule has 2 aromatic rings. The van der Waals surface area contributed by atoms with Crippen molar-refractivity contribution in [1.29, 1.82) is 0 Å². The Kier molecular flexibility index (Phi) is 3.28. The summed E-state index contributed by atoms with van der Waals surface area (Å²) in [5.41, 5.74) is 2.53. The van der Waals surface area contributed by atoms with E-state index in [2.05, 4.69) is 15.3 Å². The SMILES string of the molecule is Cc1ccc2oc(CCC3CCCNC3)nc2n1. The molecule has 0 aliphatic carbocycles. The minimum Gasteiger partial charge on any atom is -0.439 e. The lowest BCUT2D eigenvalue weighted by Crippen LogP contribution is -2.29. The minimum absolute atomic E-state index is 0.742. The summed E-state index contributed by atoms with van der Waals surface area (Å²) in [5, 5.41) is 3.44. The molecule has 0 amide bonds. The number of oxazole rings is 1. The molecule has 0 aromatic carbocycles. The van der Waals surface area contributed by atoms with Gasteiger partial charge in [0.2, 0.25) is 0 Å². The summed E-state index contributed by atoms with van der Waals surface area (Å²) in [6, 6.07) is 3.92. The molecule has 1 unspecified atom stereocenters. The number of hydrogen-bond acceptors (Lipinski definition) is 4. The molecule has 4 heteroatoms. The molecule has 0 saturated carbocycles. The van der Waals surface area contributed by atoms with Gasteiger partial charge in [-0.05, 0) is 57.3 Å². The van der Waals surface area contributed by atoms with E-state index in [4.69, 9.17) is 4.42 Å². The molecule has 1 saturated heterocycles. The lowest BCUT2D eigenvalue weighted by Gasteiger charge is -2.21. The van der Waals surface area contributed by atoms with Crippen LogP contribution in [0.2, 0.25) is 0 Å². The van der Waals surface area contributed by atoms with E-state index < -0.39 is 0 Å². The topological polar surface area (TPSA) is 51.0 Å². The van der Waals surface area contributed by atoms with Crippen molar-refractivity contribution in [2.24, 2.45) is 5.92 Å². The van der Waals surface area contributed by atoms with Crippen molar-refractivity contribution >= 4 is 11.2 Å². The van der Waals surface area contributed by atoms with Gasteiger partial charge in [-0.25, -0.2) is 4.98 Å². The zero-order valence-corrected chi connectivity index (χ0v) is 10.8. The molecule has 4 nitrogen and oxygen atoms in total. The maximum Gasteiger partial charge on any atom is 0.199 e. The number of rotatable bonds is 3. The van der Waals surface area contributed by atoms with Gasteiger partial charge in [-0.1, -0.05) is 0 Å². The third-order valence-electron chi connectivity index (χ3n) is 3.60. The fourth-order valence-corrected chi connectivity index (χ4v) is 2.56. The number of pyridine rings is 1. The van der Waals surface area contributed by atoms with Gasteiger partial charge < -0.3 is 9.73 Å². The van der Waals surface area contributed by atoms with Crippen LogP contribution in [0, 0.1) is 12.8 Å². The third kappa shape index (κ3) is 2.53. The smallest absolute Gasteiger partial charge is 0.199 e. The van der Waals surface area contributed by atoms with Crippen LogP contribution in [0.1, 0.15) is 30.8 Å². The maximum atomic E-state index is 5.72. The van der Waals surface area contributed by atoms with Gasteiger partial charge in [0.25, 0.3) is 0 Å². The second-order valence-electron chi connectivity index (χ2n) is 5.13. The number of hydrogen-bond donors (Lipinski definition) is 1. The van der Waals surface area contributed by atoms with Gasteiger partial charge in [0, 0.05) is 12.1 Å². The molecular formula is C14H19N3O. The summed E-state index contributed by atoms with van der Waals surface area (Å²) in [7, 11) is 0. The highest BCUT2D eigenvalue weighted by atomic mass is 16.3. The Labute approximate surface area is 107 Å². The third-order valence-corrected chi connectivity index (χ3v) is 3.60. The first-order valence-corrected chi connectivity index (χ1v) is 6.75. The summed E-state index contributed by atoms with van der Waals surface area (Å²) >= 11 is 0. The van der Waals surface area contributed by atoms with Crippen LogP contribution in [-0.2, 0) is 6.42 Å². The van der Waals surface area contributed by atoms with E-state index in [1.165, 1.54) is 19.4 Å². The van der Waals surface area contributed by atoms with Gasteiger partial charge in [0.05, 0.1) is 0 Å². The van der Waals surface area contributed by atoms with Gasteiger partial charge >= 0.3 is 0 Å². The molecule has 1 fully saturated rings. The van der Waals surface area contributed by atoms with Crippen molar-refractivity contribution in [3.05, 3.63) is 23.7 Å². The lowest BCUT2D eigenvalue weighted by molar-refractivity contribution is 0.347. The molecule has 2 aromatic heterocycles. The number of nitrogens with one attached hydrogen (secondary N) is 1. The lowest BCUT2D eigenvalue weighted by atomic mass is 9.95. The van der Waals surface area contributed by atoms with Crippen LogP contribution < -0.4 is 5.32 Å². The highest BCUT2D eigenvalue weighted by molar-refractivity contribution is 5.67. The summed E-state index contributed by atoms with van der Waals surface area (Å²) in [6.45, 7) is 4.28. The molecule has 1 atom stereocenters. The van der Waals surface area contributed by atoms with E-state index in [1.54, 1.807) is 0 Å². The highest BCUT2D eigenvalue weighted by Gasteiger charge is 2.14. The predicted molar refractivity (Wildman–Crippen MR) is 70.5 cm³/mol. The van der Waals surface area contributed by atoms with Gasteiger partial charge in [0.15, 0.2) is 17.1 Å². The van der Waals surface area contributed by atoms with Crippen LogP contribution in [0.5, 0.6) is 0 Å². The van der Waals surface area contributed by atoms with Crippen LogP contribution in [0.3, 0.4) is 0 Å². The van der Waals surface area contributed by atoms with E-state index in [0.717, 1.165) is 48.1 Å². The van der Waals surface area contributed by atoms with Crippen molar-refractivity contribution in [3.8, 4) is 0 Å². The minimum atomic E-state index is 0.742. The molecule has 96 valence electrons. The summed E-state index contributed by atoms with van der Waals surface area (Å²) in [6.07, 6.45) is 4.68. The zero-order chi connectivity index (χ0) is 12.4. The Morgan fingerprint density at radius 3 is 3.17 bits per heavy atom. The molecular weight excluding hydrogens is 226 g/mol. The second-order valence-corrected chi connectivity index (χ2v) is 5.13. The second kappa shape index (κ2) is 5.06. The summed E-state index contributed by atoms with van der Waals surface area (Å²) in [5.74, 6) is 1.59. The van der Waals surface area contributed by atoms with Crippen molar-refractivity contribution in [2.45, 2.75) is 32.6 Å². The first-order chi connectivity index (χ1) is 8.81. The maximum absolute atomic E-state index is 5.72. The largest absolute Gasteiger partial charge is 0.439 e. The Morgan fingerprint density at radius 1 is 1.39 bits per heavy atom. The van der Waals surface area contributed by atoms with Crippen molar-refractivity contribution in [2.75, 3.05) is 13.1 Å². The van der Waals surface area contributed by atoms with Gasteiger partial charge in [-0.15, -0.1) is 0 Å². The number of piperidine rings is 1. The first kappa shape index (κ1) is 11.7. The molecule has 0 spiro atoms. The zero-order valence-electron chi connectivity index (χ0n) is 10.8. The number of nitrogens with zero attached hydrogens (tertiary/aromatic N) is 2. The van der Waals surface area contributed by atoms with Gasteiger partial charge in [0.1, 0.15) is 0 Å². The quantitative estimate of drug-likeness (QED) is 0.902. The van der Waals surface area contributed by atoms with Crippen LogP contribution in [-0.4, -0.2) is 23.1 Å². The molecule has 3 heterocycles. The van der Waals surface area contributed by atoms with Gasteiger partial charge in [-0.3, -0.25) is 0 Å².